The minimum atomic E-state index is -4.51. The number of carbonyl (C=O) groups excluding carboxylic acids is 1. The lowest BCUT2D eigenvalue weighted by atomic mass is 9.84. The van der Waals surface area contributed by atoms with Crippen molar-refractivity contribution in [1.82, 2.24) is 10.2 Å². The number of primary amides is 1. The number of nitrogens with two attached hydrogens (primary N) is 1. The SMILES string of the molecule is NC(=O)C1CCCCC1Nc1ccc(C(F)(F)F)nn1. The van der Waals surface area contributed by atoms with Gasteiger partial charge in [0, 0.05) is 6.04 Å². The molecule has 1 amide bonds. The molecule has 110 valence electrons. The normalized spacial score (nSPS) is 23.4. The zero-order valence-electron chi connectivity index (χ0n) is 10.7. The molecule has 8 heteroatoms. The number of nitrogens with zero attached hydrogens (tertiary/aromatic N) is 2. The fourth-order valence-corrected chi connectivity index (χ4v) is 2.39. The van der Waals surface area contributed by atoms with Crippen molar-refractivity contribution in [1.29, 1.82) is 0 Å². The second kappa shape index (κ2) is 5.64. The van der Waals surface area contributed by atoms with Crippen molar-refractivity contribution in [2.75, 3.05) is 5.32 Å². The van der Waals surface area contributed by atoms with Crippen LogP contribution in [0.2, 0.25) is 0 Å². The number of hydrogen-bond acceptors (Lipinski definition) is 4. The molecule has 0 saturated heterocycles. The molecule has 2 rings (SSSR count). The maximum Gasteiger partial charge on any atom is 0.435 e. The second-order valence-corrected chi connectivity index (χ2v) is 4.85. The summed E-state index contributed by atoms with van der Waals surface area (Å²) in [4.78, 5) is 11.3. The number of hydrogen-bond donors (Lipinski definition) is 2. The predicted molar refractivity (Wildman–Crippen MR) is 65.6 cm³/mol. The van der Waals surface area contributed by atoms with Crippen LogP contribution in [0.25, 0.3) is 0 Å². The molecule has 0 radical (unpaired) electrons. The summed E-state index contributed by atoms with van der Waals surface area (Å²) >= 11 is 0. The van der Waals surface area contributed by atoms with Gasteiger partial charge in [-0.2, -0.15) is 13.2 Å². The molecule has 1 aromatic rings. The van der Waals surface area contributed by atoms with Crippen molar-refractivity contribution in [3.05, 3.63) is 17.8 Å². The number of alkyl halides is 3. The molecule has 5 nitrogen and oxygen atoms in total. The Kier molecular flexibility index (Phi) is 4.10. The number of halogens is 3. The van der Waals surface area contributed by atoms with Crippen LogP contribution < -0.4 is 11.1 Å². The van der Waals surface area contributed by atoms with Gasteiger partial charge >= 0.3 is 6.18 Å². The molecule has 0 spiro atoms. The summed E-state index contributed by atoms with van der Waals surface area (Å²) in [7, 11) is 0. The molecule has 1 heterocycles. The lowest BCUT2D eigenvalue weighted by Gasteiger charge is -2.30. The molecule has 1 aliphatic rings. The monoisotopic (exact) mass is 288 g/mol. The largest absolute Gasteiger partial charge is 0.435 e. The summed E-state index contributed by atoms with van der Waals surface area (Å²) in [6.07, 6.45) is -1.23. The van der Waals surface area contributed by atoms with Gasteiger partial charge in [0.05, 0.1) is 5.92 Å². The molecule has 2 unspecified atom stereocenters. The highest BCUT2D eigenvalue weighted by atomic mass is 19.4. The average molecular weight is 288 g/mol. The number of rotatable bonds is 3. The van der Waals surface area contributed by atoms with E-state index >= 15 is 0 Å². The third-order valence-corrected chi connectivity index (χ3v) is 3.42. The fraction of sp³-hybridized carbons (Fsp3) is 0.583. The minimum absolute atomic E-state index is 0.202. The molecule has 3 N–H and O–H groups in total. The van der Waals surface area contributed by atoms with Gasteiger partial charge in [0.2, 0.25) is 5.91 Å². The first-order valence-corrected chi connectivity index (χ1v) is 6.34. The van der Waals surface area contributed by atoms with E-state index in [-0.39, 0.29) is 17.8 Å². The van der Waals surface area contributed by atoms with Gasteiger partial charge in [-0.15, -0.1) is 10.2 Å². The van der Waals surface area contributed by atoms with Crippen LogP contribution in [0.15, 0.2) is 12.1 Å². The second-order valence-electron chi connectivity index (χ2n) is 4.85. The Morgan fingerprint density at radius 2 is 1.95 bits per heavy atom. The molecular formula is C12H15F3N4O. The molecule has 0 aromatic carbocycles. The Bertz CT molecular complexity index is 475. The van der Waals surface area contributed by atoms with Crippen LogP contribution in [-0.4, -0.2) is 22.1 Å². The van der Waals surface area contributed by atoms with Crippen molar-refractivity contribution < 1.29 is 18.0 Å². The van der Waals surface area contributed by atoms with Crippen molar-refractivity contribution in [2.24, 2.45) is 11.7 Å². The van der Waals surface area contributed by atoms with Gasteiger partial charge in [0.15, 0.2) is 5.69 Å². The predicted octanol–water partition coefficient (Wildman–Crippen LogP) is 1.95. The smallest absolute Gasteiger partial charge is 0.369 e. The summed E-state index contributed by atoms with van der Waals surface area (Å²) in [5, 5.41) is 9.58. The van der Waals surface area contributed by atoms with Crippen molar-refractivity contribution in [3.8, 4) is 0 Å². The van der Waals surface area contributed by atoms with Crippen LogP contribution in [0.1, 0.15) is 31.4 Å². The fourth-order valence-electron chi connectivity index (χ4n) is 2.39. The van der Waals surface area contributed by atoms with E-state index in [1.807, 2.05) is 0 Å². The van der Waals surface area contributed by atoms with E-state index in [2.05, 4.69) is 15.5 Å². The molecule has 0 aliphatic heterocycles. The van der Waals surface area contributed by atoms with Crippen LogP contribution >= 0.6 is 0 Å². The maximum atomic E-state index is 12.4. The highest BCUT2D eigenvalue weighted by Crippen LogP contribution is 2.29. The van der Waals surface area contributed by atoms with Crippen LogP contribution in [0, 0.1) is 5.92 Å². The standard InChI is InChI=1S/C12H15F3N4O/c13-12(14,15)9-5-6-10(19-18-9)17-8-4-2-1-3-7(8)11(16)20/h5-8H,1-4H2,(H2,16,20)(H,17,19). The third kappa shape index (κ3) is 3.37. The van der Waals surface area contributed by atoms with Gasteiger partial charge in [-0.05, 0) is 25.0 Å². The van der Waals surface area contributed by atoms with Crippen LogP contribution in [0.3, 0.4) is 0 Å². The van der Waals surface area contributed by atoms with E-state index in [0.717, 1.165) is 25.3 Å². The Hall–Kier alpha value is -1.86. The van der Waals surface area contributed by atoms with Gasteiger partial charge in [0.25, 0.3) is 0 Å². The Morgan fingerprint density at radius 3 is 2.50 bits per heavy atom. The first-order chi connectivity index (χ1) is 9.38. The average Bonchev–Trinajstić information content (AvgIpc) is 2.38. The summed E-state index contributed by atoms with van der Waals surface area (Å²) in [6.45, 7) is 0. The lowest BCUT2D eigenvalue weighted by Crippen LogP contribution is -2.40. The van der Waals surface area contributed by atoms with Crippen molar-refractivity contribution in [2.45, 2.75) is 37.9 Å². The lowest BCUT2D eigenvalue weighted by molar-refractivity contribution is -0.141. The molecule has 20 heavy (non-hydrogen) atoms. The highest BCUT2D eigenvalue weighted by Gasteiger charge is 2.33. The van der Waals surface area contributed by atoms with Crippen LogP contribution in [0.5, 0.6) is 0 Å². The molecular weight excluding hydrogens is 273 g/mol. The molecule has 1 saturated carbocycles. The van der Waals surface area contributed by atoms with Crippen molar-refractivity contribution >= 4 is 11.7 Å². The number of anilines is 1. The third-order valence-electron chi connectivity index (χ3n) is 3.42. The summed E-state index contributed by atoms with van der Waals surface area (Å²) < 4.78 is 37.1. The van der Waals surface area contributed by atoms with Gasteiger partial charge in [-0.3, -0.25) is 4.79 Å². The summed E-state index contributed by atoms with van der Waals surface area (Å²) in [5.41, 5.74) is 4.29. The zero-order valence-corrected chi connectivity index (χ0v) is 10.7. The van der Waals surface area contributed by atoms with Crippen LogP contribution in [0.4, 0.5) is 19.0 Å². The number of carbonyl (C=O) groups is 1. The number of aromatic nitrogens is 2. The van der Waals surface area contributed by atoms with E-state index in [9.17, 15) is 18.0 Å². The summed E-state index contributed by atoms with van der Waals surface area (Å²) in [6, 6.07) is 1.87. The van der Waals surface area contributed by atoms with Gasteiger partial charge in [0.1, 0.15) is 5.82 Å². The van der Waals surface area contributed by atoms with Crippen molar-refractivity contribution in [3.63, 3.8) is 0 Å². The molecule has 1 fully saturated rings. The van der Waals surface area contributed by atoms with E-state index in [0.29, 0.717) is 6.42 Å². The van der Waals surface area contributed by atoms with Gasteiger partial charge in [-0.25, -0.2) is 0 Å². The summed E-state index contributed by atoms with van der Waals surface area (Å²) in [5.74, 6) is -0.508. The van der Waals surface area contributed by atoms with Crippen LogP contribution in [-0.2, 0) is 11.0 Å². The Morgan fingerprint density at radius 1 is 1.25 bits per heavy atom. The molecule has 2 atom stereocenters. The Labute approximate surface area is 113 Å². The first-order valence-electron chi connectivity index (χ1n) is 6.34. The molecule has 0 bridgehead atoms. The number of nitrogens with one attached hydrogen (secondary N) is 1. The van der Waals surface area contributed by atoms with E-state index in [1.54, 1.807) is 0 Å². The zero-order chi connectivity index (χ0) is 14.8. The number of amides is 1. The highest BCUT2D eigenvalue weighted by molar-refractivity contribution is 5.78. The first kappa shape index (κ1) is 14.5. The molecule has 1 aromatic heterocycles. The topological polar surface area (TPSA) is 80.9 Å². The van der Waals surface area contributed by atoms with E-state index in [1.165, 1.54) is 6.07 Å². The van der Waals surface area contributed by atoms with E-state index < -0.39 is 17.8 Å². The van der Waals surface area contributed by atoms with Gasteiger partial charge < -0.3 is 11.1 Å². The quantitative estimate of drug-likeness (QED) is 0.890. The maximum absolute atomic E-state index is 12.4. The Balaban J connectivity index is 2.07. The van der Waals surface area contributed by atoms with Gasteiger partial charge in [-0.1, -0.05) is 12.8 Å². The molecule has 1 aliphatic carbocycles. The minimum Gasteiger partial charge on any atom is -0.369 e. The van der Waals surface area contributed by atoms with E-state index in [4.69, 9.17) is 5.73 Å².